The molecule has 2 aromatic rings. The molecule has 2 rings (SSSR count). The third-order valence-corrected chi connectivity index (χ3v) is 3.04. The number of hydrogen-bond donors (Lipinski definition) is 2. The summed E-state index contributed by atoms with van der Waals surface area (Å²) >= 11 is 3.25. The Bertz CT molecular complexity index is 546. The minimum atomic E-state index is -0.884. The summed E-state index contributed by atoms with van der Waals surface area (Å²) in [5, 5.41) is 8.74. The number of halogens is 1. The summed E-state index contributed by atoms with van der Waals surface area (Å²) in [7, 11) is 0. The molecule has 4 nitrogen and oxygen atoms in total. The standard InChI is InChI=1S/C12H11BrN2O2/c1-7-2-4-8(5-3-7)12-14-9(6-10(16)17)11(13)15-12/h2-5H,6H2,1H3,(H,14,15)(H,16,17). The number of benzene rings is 1. The molecule has 0 saturated heterocycles. The largest absolute Gasteiger partial charge is 0.481 e. The van der Waals surface area contributed by atoms with Gasteiger partial charge in [0, 0.05) is 5.56 Å². The Hall–Kier alpha value is -1.62. The van der Waals surface area contributed by atoms with E-state index in [9.17, 15) is 4.79 Å². The molecule has 5 heteroatoms. The van der Waals surface area contributed by atoms with E-state index in [1.165, 1.54) is 5.56 Å². The Kier molecular flexibility index (Phi) is 3.28. The molecule has 0 atom stereocenters. The van der Waals surface area contributed by atoms with Crippen molar-refractivity contribution in [3.63, 3.8) is 0 Å². The topological polar surface area (TPSA) is 66.0 Å². The van der Waals surface area contributed by atoms with Crippen molar-refractivity contribution in [2.75, 3.05) is 0 Å². The third kappa shape index (κ3) is 2.74. The van der Waals surface area contributed by atoms with Gasteiger partial charge < -0.3 is 10.1 Å². The van der Waals surface area contributed by atoms with Gasteiger partial charge in [-0.1, -0.05) is 29.8 Å². The summed E-state index contributed by atoms with van der Waals surface area (Å²) in [5.74, 6) is -0.210. The van der Waals surface area contributed by atoms with E-state index in [2.05, 4.69) is 25.9 Å². The molecule has 0 aliphatic heterocycles. The third-order valence-electron chi connectivity index (χ3n) is 2.38. The summed E-state index contributed by atoms with van der Waals surface area (Å²) in [5.41, 5.74) is 2.69. The number of aryl methyl sites for hydroxylation is 1. The van der Waals surface area contributed by atoms with E-state index < -0.39 is 5.97 Å². The first-order valence-electron chi connectivity index (χ1n) is 5.09. The van der Waals surface area contributed by atoms with Gasteiger partial charge in [0.2, 0.25) is 0 Å². The van der Waals surface area contributed by atoms with Crippen LogP contribution in [0.1, 0.15) is 11.3 Å². The fourth-order valence-corrected chi connectivity index (χ4v) is 1.92. The Labute approximate surface area is 107 Å². The number of rotatable bonds is 3. The SMILES string of the molecule is Cc1ccc(-c2nc(Br)c(CC(=O)O)[nH]2)cc1. The molecule has 0 fully saturated rings. The Balaban J connectivity index is 2.34. The van der Waals surface area contributed by atoms with Crippen LogP contribution in [0.2, 0.25) is 0 Å². The second-order valence-corrected chi connectivity index (χ2v) is 4.54. The predicted molar refractivity (Wildman–Crippen MR) is 67.8 cm³/mol. The number of carboxylic acid groups (broad SMARTS) is 1. The van der Waals surface area contributed by atoms with Crippen LogP contribution in [-0.4, -0.2) is 21.0 Å². The summed E-state index contributed by atoms with van der Waals surface area (Å²) < 4.78 is 0.551. The minimum absolute atomic E-state index is 0.0700. The maximum Gasteiger partial charge on any atom is 0.309 e. The quantitative estimate of drug-likeness (QED) is 0.915. The fourth-order valence-electron chi connectivity index (χ4n) is 1.50. The lowest BCUT2D eigenvalue weighted by atomic mass is 10.1. The van der Waals surface area contributed by atoms with Crippen LogP contribution in [0.25, 0.3) is 11.4 Å². The van der Waals surface area contributed by atoms with Gasteiger partial charge in [0.25, 0.3) is 0 Å². The summed E-state index contributed by atoms with van der Waals surface area (Å²) in [6.45, 7) is 2.01. The van der Waals surface area contributed by atoms with E-state index in [1.54, 1.807) is 0 Å². The molecule has 88 valence electrons. The van der Waals surface area contributed by atoms with Crippen molar-refractivity contribution in [1.82, 2.24) is 9.97 Å². The average molecular weight is 295 g/mol. The van der Waals surface area contributed by atoms with Gasteiger partial charge in [-0.2, -0.15) is 0 Å². The van der Waals surface area contributed by atoms with E-state index in [-0.39, 0.29) is 6.42 Å². The van der Waals surface area contributed by atoms with Gasteiger partial charge in [-0.25, -0.2) is 4.98 Å². The maximum atomic E-state index is 10.6. The number of aromatic nitrogens is 2. The van der Waals surface area contributed by atoms with Crippen molar-refractivity contribution in [2.45, 2.75) is 13.3 Å². The molecule has 0 radical (unpaired) electrons. The molecule has 17 heavy (non-hydrogen) atoms. The van der Waals surface area contributed by atoms with Crippen molar-refractivity contribution in [2.24, 2.45) is 0 Å². The number of nitrogens with zero attached hydrogens (tertiary/aromatic N) is 1. The highest BCUT2D eigenvalue weighted by Crippen LogP contribution is 2.22. The monoisotopic (exact) mass is 294 g/mol. The molecule has 0 aliphatic rings. The summed E-state index contributed by atoms with van der Waals surface area (Å²) in [6.07, 6.45) is -0.0700. The van der Waals surface area contributed by atoms with Crippen LogP contribution >= 0.6 is 15.9 Å². The number of aromatic amines is 1. The molecule has 0 aliphatic carbocycles. The number of aliphatic carboxylic acids is 1. The van der Waals surface area contributed by atoms with Crippen LogP contribution in [0.5, 0.6) is 0 Å². The summed E-state index contributed by atoms with van der Waals surface area (Å²) in [4.78, 5) is 17.9. The zero-order valence-electron chi connectivity index (χ0n) is 9.20. The highest BCUT2D eigenvalue weighted by molar-refractivity contribution is 9.10. The molecule has 0 spiro atoms. The number of carboxylic acids is 1. The number of H-pyrrole nitrogens is 1. The molecule has 1 heterocycles. The summed E-state index contributed by atoms with van der Waals surface area (Å²) in [6, 6.07) is 7.88. The van der Waals surface area contributed by atoms with Crippen LogP contribution in [-0.2, 0) is 11.2 Å². The van der Waals surface area contributed by atoms with Crippen LogP contribution in [0.4, 0.5) is 0 Å². The lowest BCUT2D eigenvalue weighted by Gasteiger charge is -1.97. The van der Waals surface area contributed by atoms with Crippen molar-refractivity contribution in [1.29, 1.82) is 0 Å². The van der Waals surface area contributed by atoms with Gasteiger partial charge in [-0.15, -0.1) is 0 Å². The molecule has 0 amide bonds. The van der Waals surface area contributed by atoms with E-state index in [0.717, 1.165) is 5.56 Å². The Morgan fingerprint density at radius 1 is 1.41 bits per heavy atom. The van der Waals surface area contributed by atoms with Gasteiger partial charge in [-0.05, 0) is 22.9 Å². The highest BCUT2D eigenvalue weighted by Gasteiger charge is 2.11. The molecule has 0 saturated carbocycles. The van der Waals surface area contributed by atoms with Crippen molar-refractivity contribution in [3.8, 4) is 11.4 Å². The normalized spacial score (nSPS) is 10.5. The zero-order chi connectivity index (χ0) is 12.4. The minimum Gasteiger partial charge on any atom is -0.481 e. The van der Waals surface area contributed by atoms with E-state index >= 15 is 0 Å². The molecule has 2 N–H and O–H groups in total. The second kappa shape index (κ2) is 4.71. The van der Waals surface area contributed by atoms with Crippen LogP contribution < -0.4 is 0 Å². The fraction of sp³-hybridized carbons (Fsp3) is 0.167. The van der Waals surface area contributed by atoms with Crippen molar-refractivity contribution < 1.29 is 9.90 Å². The van der Waals surface area contributed by atoms with Crippen LogP contribution in [0.3, 0.4) is 0 Å². The number of imidazole rings is 1. The van der Waals surface area contributed by atoms with Gasteiger partial charge in [-0.3, -0.25) is 4.79 Å². The maximum absolute atomic E-state index is 10.6. The van der Waals surface area contributed by atoms with Gasteiger partial charge in [0.1, 0.15) is 10.4 Å². The first-order chi connectivity index (χ1) is 8.06. The van der Waals surface area contributed by atoms with E-state index in [4.69, 9.17) is 5.11 Å². The lowest BCUT2D eigenvalue weighted by molar-refractivity contribution is -0.136. The highest BCUT2D eigenvalue weighted by atomic mass is 79.9. The molecular weight excluding hydrogens is 284 g/mol. The molecular formula is C12H11BrN2O2. The molecule has 1 aromatic heterocycles. The van der Waals surface area contributed by atoms with Crippen molar-refractivity contribution >= 4 is 21.9 Å². The second-order valence-electron chi connectivity index (χ2n) is 3.79. The lowest BCUT2D eigenvalue weighted by Crippen LogP contribution is -2.00. The smallest absolute Gasteiger partial charge is 0.309 e. The number of carbonyl (C=O) groups is 1. The molecule has 0 unspecified atom stereocenters. The zero-order valence-corrected chi connectivity index (χ0v) is 10.8. The van der Waals surface area contributed by atoms with E-state index in [1.807, 2.05) is 31.2 Å². The van der Waals surface area contributed by atoms with E-state index in [0.29, 0.717) is 16.1 Å². The molecule has 1 aromatic carbocycles. The Morgan fingerprint density at radius 2 is 2.06 bits per heavy atom. The van der Waals surface area contributed by atoms with Crippen LogP contribution in [0, 0.1) is 6.92 Å². The van der Waals surface area contributed by atoms with Crippen molar-refractivity contribution in [3.05, 3.63) is 40.1 Å². The number of nitrogens with one attached hydrogen (secondary N) is 1. The van der Waals surface area contributed by atoms with Gasteiger partial charge in [0.05, 0.1) is 12.1 Å². The average Bonchev–Trinajstić information content (AvgIpc) is 2.60. The number of hydrogen-bond acceptors (Lipinski definition) is 2. The first kappa shape index (κ1) is 11.9. The van der Waals surface area contributed by atoms with Crippen LogP contribution in [0.15, 0.2) is 28.9 Å². The van der Waals surface area contributed by atoms with Gasteiger partial charge >= 0.3 is 5.97 Å². The predicted octanol–water partition coefficient (Wildman–Crippen LogP) is 2.77. The molecule has 0 bridgehead atoms. The van der Waals surface area contributed by atoms with Gasteiger partial charge in [0.15, 0.2) is 0 Å². The Morgan fingerprint density at radius 3 is 2.65 bits per heavy atom. The first-order valence-corrected chi connectivity index (χ1v) is 5.89.